The predicted molar refractivity (Wildman–Crippen MR) is 57.3 cm³/mol. The third kappa shape index (κ3) is 3.23. The zero-order chi connectivity index (χ0) is 11.4. The van der Waals surface area contributed by atoms with E-state index in [9.17, 15) is 4.79 Å². The van der Waals surface area contributed by atoms with Crippen LogP contribution in [-0.2, 0) is 14.3 Å². The molecule has 1 amide bonds. The van der Waals surface area contributed by atoms with Crippen molar-refractivity contribution in [2.45, 2.75) is 39.3 Å². The topological polar surface area (TPSA) is 47.6 Å². The maximum atomic E-state index is 10.8. The van der Waals surface area contributed by atoms with Gasteiger partial charge in [0.2, 0.25) is 5.91 Å². The van der Waals surface area contributed by atoms with E-state index in [1.54, 1.807) is 7.11 Å². The molecule has 0 aromatic carbocycles. The molecule has 0 aromatic heterocycles. The molecule has 0 bridgehead atoms. The summed E-state index contributed by atoms with van der Waals surface area (Å²) in [7, 11) is 1.65. The largest absolute Gasteiger partial charge is 0.491 e. The lowest BCUT2D eigenvalue weighted by molar-refractivity contribution is -0.128. The van der Waals surface area contributed by atoms with Crippen LogP contribution >= 0.6 is 0 Å². The van der Waals surface area contributed by atoms with E-state index in [1.165, 1.54) is 0 Å². The van der Waals surface area contributed by atoms with Crippen molar-refractivity contribution >= 4 is 5.91 Å². The van der Waals surface area contributed by atoms with Crippen LogP contribution in [0.1, 0.15) is 27.2 Å². The van der Waals surface area contributed by atoms with Gasteiger partial charge in [-0.05, 0) is 26.3 Å². The highest BCUT2D eigenvalue weighted by atomic mass is 16.5. The zero-order valence-corrected chi connectivity index (χ0v) is 9.79. The van der Waals surface area contributed by atoms with E-state index >= 15 is 0 Å². The minimum absolute atomic E-state index is 0.0115. The van der Waals surface area contributed by atoms with Gasteiger partial charge in [0, 0.05) is 7.11 Å². The van der Waals surface area contributed by atoms with E-state index < -0.39 is 0 Å². The highest BCUT2D eigenvalue weighted by Crippen LogP contribution is 2.20. The predicted octanol–water partition coefficient (Wildman–Crippen LogP) is 1.22. The standard InChI is InChI=1S/C11H19NO3/c1-7(2)11(9-5-10(13)12-9)15-8(3)6-14-4/h8-9H,5-6H2,1-4H3,(H,12,13). The molecule has 1 rings (SSSR count). The summed E-state index contributed by atoms with van der Waals surface area (Å²) in [6.07, 6.45) is 0.539. The maximum Gasteiger partial charge on any atom is 0.223 e. The number of allylic oxidation sites excluding steroid dienone is 1. The monoisotopic (exact) mass is 213 g/mol. The number of rotatable bonds is 5. The molecule has 1 fully saturated rings. The fourth-order valence-corrected chi connectivity index (χ4v) is 1.55. The van der Waals surface area contributed by atoms with Gasteiger partial charge in [0.15, 0.2) is 0 Å². The first-order valence-electron chi connectivity index (χ1n) is 5.17. The van der Waals surface area contributed by atoms with Crippen LogP contribution in [-0.4, -0.2) is 31.8 Å². The third-order valence-corrected chi connectivity index (χ3v) is 2.26. The molecule has 86 valence electrons. The quantitative estimate of drug-likeness (QED) is 0.552. The lowest BCUT2D eigenvalue weighted by atomic mass is 10.0. The van der Waals surface area contributed by atoms with Crippen molar-refractivity contribution in [3.8, 4) is 0 Å². The first kappa shape index (κ1) is 12.0. The van der Waals surface area contributed by atoms with Gasteiger partial charge in [-0.25, -0.2) is 0 Å². The smallest absolute Gasteiger partial charge is 0.223 e. The van der Waals surface area contributed by atoms with E-state index in [0.29, 0.717) is 13.0 Å². The van der Waals surface area contributed by atoms with Crippen LogP contribution in [0.5, 0.6) is 0 Å². The summed E-state index contributed by atoms with van der Waals surface area (Å²) in [5.74, 6) is 0.959. The van der Waals surface area contributed by atoms with Crippen molar-refractivity contribution in [3.05, 3.63) is 11.3 Å². The summed E-state index contributed by atoms with van der Waals surface area (Å²) in [4.78, 5) is 10.8. The first-order valence-corrected chi connectivity index (χ1v) is 5.17. The summed E-state index contributed by atoms with van der Waals surface area (Å²) in [5.41, 5.74) is 1.10. The Labute approximate surface area is 90.6 Å². The summed E-state index contributed by atoms with van der Waals surface area (Å²) < 4.78 is 10.7. The number of hydrogen-bond donors (Lipinski definition) is 1. The van der Waals surface area contributed by atoms with Crippen LogP contribution in [0.4, 0.5) is 0 Å². The third-order valence-electron chi connectivity index (χ3n) is 2.26. The highest BCUT2D eigenvalue weighted by Gasteiger charge is 2.31. The number of β-lactam (4-membered cyclic amide) rings is 1. The maximum absolute atomic E-state index is 10.8. The van der Waals surface area contributed by atoms with E-state index in [0.717, 1.165) is 11.3 Å². The number of carbonyl (C=O) groups excluding carboxylic acids is 1. The second-order valence-electron chi connectivity index (χ2n) is 4.07. The van der Waals surface area contributed by atoms with Crippen LogP contribution in [0.2, 0.25) is 0 Å². The zero-order valence-electron chi connectivity index (χ0n) is 9.79. The summed E-state index contributed by atoms with van der Waals surface area (Å²) in [5, 5.41) is 2.81. The normalized spacial score (nSPS) is 21.3. The Morgan fingerprint density at radius 3 is 2.60 bits per heavy atom. The number of amides is 1. The van der Waals surface area contributed by atoms with Gasteiger partial charge in [-0.3, -0.25) is 4.79 Å². The second-order valence-corrected chi connectivity index (χ2v) is 4.07. The minimum atomic E-state index is 0.0115. The van der Waals surface area contributed by atoms with Gasteiger partial charge in [-0.2, -0.15) is 0 Å². The van der Waals surface area contributed by atoms with Crippen LogP contribution in [0.25, 0.3) is 0 Å². The van der Waals surface area contributed by atoms with E-state index in [4.69, 9.17) is 9.47 Å². The van der Waals surface area contributed by atoms with Crippen molar-refractivity contribution in [3.63, 3.8) is 0 Å². The lowest BCUT2D eigenvalue weighted by Crippen LogP contribution is -2.50. The van der Waals surface area contributed by atoms with Gasteiger partial charge in [0.1, 0.15) is 11.9 Å². The molecule has 2 atom stereocenters. The number of hydrogen-bond acceptors (Lipinski definition) is 3. The molecule has 1 heterocycles. The number of ether oxygens (including phenoxy) is 2. The fourth-order valence-electron chi connectivity index (χ4n) is 1.55. The molecule has 0 aromatic rings. The van der Waals surface area contributed by atoms with Crippen molar-refractivity contribution in [1.82, 2.24) is 5.32 Å². The Bertz CT molecular complexity index is 261. The Kier molecular flexibility index (Phi) is 4.15. The van der Waals surface area contributed by atoms with Crippen molar-refractivity contribution in [2.24, 2.45) is 0 Å². The van der Waals surface area contributed by atoms with Crippen LogP contribution in [0, 0.1) is 0 Å². The average molecular weight is 213 g/mol. The SMILES string of the molecule is COCC(C)OC(=C(C)C)C1CC(=O)N1. The molecule has 1 saturated heterocycles. The summed E-state index contributed by atoms with van der Waals surface area (Å²) in [6, 6.07) is 0.0572. The molecule has 0 saturated carbocycles. The lowest BCUT2D eigenvalue weighted by Gasteiger charge is -2.31. The van der Waals surface area contributed by atoms with Gasteiger partial charge in [0.25, 0.3) is 0 Å². The molecule has 1 aliphatic rings. The molecule has 1 aliphatic heterocycles. The van der Waals surface area contributed by atoms with Crippen LogP contribution in [0.15, 0.2) is 11.3 Å². The minimum Gasteiger partial charge on any atom is -0.491 e. The van der Waals surface area contributed by atoms with Gasteiger partial charge in [0.05, 0.1) is 19.1 Å². The Balaban J connectivity index is 2.53. The van der Waals surface area contributed by atoms with E-state index in [2.05, 4.69) is 5.32 Å². The number of nitrogens with one attached hydrogen (secondary N) is 1. The summed E-state index contributed by atoms with van der Waals surface area (Å²) >= 11 is 0. The Morgan fingerprint density at radius 2 is 2.20 bits per heavy atom. The van der Waals surface area contributed by atoms with Crippen LogP contribution in [0.3, 0.4) is 0 Å². The Hall–Kier alpha value is -1.03. The molecule has 4 nitrogen and oxygen atoms in total. The highest BCUT2D eigenvalue weighted by molar-refractivity contribution is 5.83. The number of methoxy groups -OCH3 is 1. The van der Waals surface area contributed by atoms with Crippen LogP contribution < -0.4 is 5.32 Å². The van der Waals surface area contributed by atoms with Gasteiger partial charge < -0.3 is 14.8 Å². The van der Waals surface area contributed by atoms with Gasteiger partial charge in [-0.1, -0.05) is 0 Å². The molecule has 4 heteroatoms. The van der Waals surface area contributed by atoms with Crippen molar-refractivity contribution in [2.75, 3.05) is 13.7 Å². The van der Waals surface area contributed by atoms with Gasteiger partial charge in [-0.15, -0.1) is 0 Å². The van der Waals surface area contributed by atoms with Crippen molar-refractivity contribution < 1.29 is 14.3 Å². The molecule has 2 unspecified atom stereocenters. The molecule has 0 radical (unpaired) electrons. The number of carbonyl (C=O) groups is 1. The second kappa shape index (κ2) is 5.16. The fraction of sp³-hybridized carbons (Fsp3) is 0.727. The van der Waals surface area contributed by atoms with E-state index in [-0.39, 0.29) is 18.1 Å². The first-order chi connectivity index (χ1) is 7.04. The molecular formula is C11H19NO3. The molecule has 0 aliphatic carbocycles. The average Bonchev–Trinajstić information content (AvgIpc) is 2.09. The molecular weight excluding hydrogens is 194 g/mol. The Morgan fingerprint density at radius 1 is 1.60 bits per heavy atom. The molecule has 0 spiro atoms. The van der Waals surface area contributed by atoms with Gasteiger partial charge >= 0.3 is 0 Å². The van der Waals surface area contributed by atoms with Crippen molar-refractivity contribution in [1.29, 1.82) is 0 Å². The summed E-state index contributed by atoms with van der Waals surface area (Å²) in [6.45, 7) is 6.48. The van der Waals surface area contributed by atoms with E-state index in [1.807, 2.05) is 20.8 Å². The molecule has 15 heavy (non-hydrogen) atoms. The molecule has 1 N–H and O–H groups in total.